The molecule has 2 saturated carbocycles. The molecule has 118 valence electrons. The van der Waals surface area contributed by atoms with E-state index in [1.54, 1.807) is 6.07 Å². The Balaban J connectivity index is 0.00000161. The zero-order chi connectivity index (χ0) is 14.5. The molecule has 0 amide bonds. The van der Waals surface area contributed by atoms with Gasteiger partial charge in [-0.1, -0.05) is 39.0 Å². The molecule has 0 heterocycles. The second kappa shape index (κ2) is 5.48. The number of phenolic OH excluding ortho intramolecular Hbond substituents is 1. The number of halogens is 1. The average Bonchev–Trinajstić information content (AvgIpc) is 2.74. The van der Waals surface area contributed by atoms with Gasteiger partial charge in [-0.15, -0.1) is 12.4 Å². The van der Waals surface area contributed by atoms with E-state index < -0.39 is 0 Å². The van der Waals surface area contributed by atoms with Crippen molar-refractivity contribution in [3.05, 3.63) is 29.8 Å². The average molecular weight is 310 g/mol. The zero-order valence-electron chi connectivity index (χ0n) is 13.6. The third-order valence-corrected chi connectivity index (χ3v) is 6.69. The summed E-state index contributed by atoms with van der Waals surface area (Å²) in [6.45, 7) is 8.23. The van der Waals surface area contributed by atoms with Gasteiger partial charge in [-0.25, -0.2) is 0 Å². The lowest BCUT2D eigenvalue weighted by Gasteiger charge is -2.43. The fraction of sp³-hybridized carbons (Fsp3) is 0.667. The van der Waals surface area contributed by atoms with Crippen molar-refractivity contribution in [3.8, 4) is 5.75 Å². The van der Waals surface area contributed by atoms with E-state index in [2.05, 4.69) is 32.7 Å². The highest BCUT2D eigenvalue weighted by atomic mass is 35.5. The number of hydrogen-bond acceptors (Lipinski definition) is 2. The molecule has 0 aliphatic heterocycles. The summed E-state index contributed by atoms with van der Waals surface area (Å²) < 4.78 is 0. The van der Waals surface area contributed by atoms with E-state index in [-0.39, 0.29) is 12.4 Å². The topological polar surface area (TPSA) is 23.5 Å². The third kappa shape index (κ3) is 2.37. The lowest BCUT2D eigenvalue weighted by molar-refractivity contribution is 0.0538. The van der Waals surface area contributed by atoms with Crippen LogP contribution in [0.5, 0.6) is 5.75 Å². The van der Waals surface area contributed by atoms with E-state index in [0.717, 1.165) is 18.0 Å². The molecule has 0 spiro atoms. The maximum atomic E-state index is 9.97. The van der Waals surface area contributed by atoms with Crippen LogP contribution in [0.1, 0.15) is 45.6 Å². The summed E-state index contributed by atoms with van der Waals surface area (Å²) in [5.41, 5.74) is 1.90. The maximum absolute atomic E-state index is 9.97. The van der Waals surface area contributed by atoms with Gasteiger partial charge in [0.05, 0.1) is 0 Å². The van der Waals surface area contributed by atoms with Gasteiger partial charge < -0.3 is 5.11 Å². The molecule has 21 heavy (non-hydrogen) atoms. The number of para-hydroxylation sites is 1. The van der Waals surface area contributed by atoms with Crippen molar-refractivity contribution in [3.63, 3.8) is 0 Å². The largest absolute Gasteiger partial charge is 0.508 e. The fourth-order valence-corrected chi connectivity index (χ4v) is 4.85. The molecule has 3 unspecified atom stereocenters. The van der Waals surface area contributed by atoms with Crippen molar-refractivity contribution >= 4 is 12.4 Å². The summed E-state index contributed by atoms with van der Waals surface area (Å²) in [6, 6.07) is 8.36. The summed E-state index contributed by atoms with van der Waals surface area (Å²) in [7, 11) is 2.22. The van der Waals surface area contributed by atoms with Crippen LogP contribution >= 0.6 is 12.4 Å². The van der Waals surface area contributed by atoms with Crippen LogP contribution in [0, 0.1) is 16.7 Å². The molecule has 1 aromatic carbocycles. The van der Waals surface area contributed by atoms with Crippen LogP contribution in [0.2, 0.25) is 0 Å². The standard InChI is InChI=1S/C18H27NO.ClH/c1-17(2)14-9-10-18(17,3)16(11-14)19(4)12-13-7-5-6-8-15(13)20;/h5-8,14,16,20H,9-12H2,1-4H3;1H. The Morgan fingerprint density at radius 2 is 1.90 bits per heavy atom. The molecule has 1 aromatic rings. The Morgan fingerprint density at radius 3 is 2.43 bits per heavy atom. The number of hydrogen-bond donors (Lipinski definition) is 1. The molecule has 2 aliphatic carbocycles. The first-order valence-electron chi connectivity index (χ1n) is 7.83. The zero-order valence-corrected chi connectivity index (χ0v) is 14.4. The summed E-state index contributed by atoms with van der Waals surface area (Å²) in [5, 5.41) is 9.97. The second-order valence-electron chi connectivity index (χ2n) is 7.67. The van der Waals surface area contributed by atoms with Crippen LogP contribution < -0.4 is 0 Å². The molecule has 1 N–H and O–H groups in total. The van der Waals surface area contributed by atoms with Gasteiger partial charge in [-0.05, 0) is 49.1 Å². The van der Waals surface area contributed by atoms with Crippen LogP contribution in [0.25, 0.3) is 0 Å². The van der Waals surface area contributed by atoms with E-state index in [0.29, 0.717) is 22.6 Å². The highest BCUT2D eigenvalue weighted by molar-refractivity contribution is 5.85. The van der Waals surface area contributed by atoms with Crippen LogP contribution in [0.15, 0.2) is 24.3 Å². The lowest BCUT2D eigenvalue weighted by Crippen LogP contribution is -2.45. The van der Waals surface area contributed by atoms with Crippen molar-refractivity contribution in [1.82, 2.24) is 4.90 Å². The predicted octanol–water partition coefficient (Wildman–Crippen LogP) is 4.46. The van der Waals surface area contributed by atoms with Crippen molar-refractivity contribution in [2.45, 2.75) is 52.6 Å². The maximum Gasteiger partial charge on any atom is 0.120 e. The molecule has 0 saturated heterocycles. The highest BCUT2D eigenvalue weighted by Gasteiger charge is 2.62. The number of aromatic hydroxyl groups is 1. The van der Waals surface area contributed by atoms with Crippen molar-refractivity contribution < 1.29 is 5.11 Å². The molecule has 2 aliphatic rings. The minimum absolute atomic E-state index is 0. The third-order valence-electron chi connectivity index (χ3n) is 6.69. The Labute approximate surface area is 135 Å². The molecule has 2 bridgehead atoms. The van der Waals surface area contributed by atoms with E-state index >= 15 is 0 Å². The van der Waals surface area contributed by atoms with Gasteiger partial charge in [0.2, 0.25) is 0 Å². The van der Waals surface area contributed by atoms with Gasteiger partial charge in [0.25, 0.3) is 0 Å². The quantitative estimate of drug-likeness (QED) is 0.891. The van der Waals surface area contributed by atoms with Crippen molar-refractivity contribution in [2.24, 2.45) is 16.7 Å². The number of fused-ring (bicyclic) bond motifs is 2. The minimum Gasteiger partial charge on any atom is -0.508 e. The molecule has 2 nitrogen and oxygen atoms in total. The summed E-state index contributed by atoms with van der Waals surface area (Å²) >= 11 is 0. The van der Waals surface area contributed by atoms with E-state index in [9.17, 15) is 5.11 Å². The minimum atomic E-state index is 0. The second-order valence-corrected chi connectivity index (χ2v) is 7.67. The number of rotatable bonds is 3. The number of nitrogens with zero attached hydrogens (tertiary/aromatic N) is 1. The summed E-state index contributed by atoms with van der Waals surface area (Å²) in [5.74, 6) is 1.29. The Kier molecular flexibility index (Phi) is 4.34. The number of phenols is 1. The molecular formula is C18H28ClNO. The van der Waals surface area contributed by atoms with Gasteiger partial charge in [-0.2, -0.15) is 0 Å². The predicted molar refractivity (Wildman–Crippen MR) is 89.8 cm³/mol. The highest BCUT2D eigenvalue weighted by Crippen LogP contribution is 2.66. The SMILES string of the molecule is CN(Cc1ccccc1O)C1CC2CCC1(C)C2(C)C.Cl. The van der Waals surface area contributed by atoms with Gasteiger partial charge in [0, 0.05) is 18.2 Å². The molecule has 3 atom stereocenters. The van der Waals surface area contributed by atoms with Crippen LogP contribution in [0.4, 0.5) is 0 Å². The Hall–Kier alpha value is -0.730. The van der Waals surface area contributed by atoms with E-state index in [4.69, 9.17) is 0 Å². The fourth-order valence-electron chi connectivity index (χ4n) is 4.85. The van der Waals surface area contributed by atoms with Crippen LogP contribution in [0.3, 0.4) is 0 Å². The first-order chi connectivity index (χ1) is 9.36. The molecular weight excluding hydrogens is 282 g/mol. The molecule has 0 radical (unpaired) electrons. The molecule has 0 aromatic heterocycles. The van der Waals surface area contributed by atoms with Gasteiger partial charge >= 0.3 is 0 Å². The van der Waals surface area contributed by atoms with E-state index in [1.165, 1.54) is 19.3 Å². The van der Waals surface area contributed by atoms with Gasteiger partial charge in [-0.3, -0.25) is 4.90 Å². The summed E-state index contributed by atoms with van der Waals surface area (Å²) in [4.78, 5) is 2.47. The van der Waals surface area contributed by atoms with Crippen LogP contribution in [-0.2, 0) is 6.54 Å². The Morgan fingerprint density at radius 1 is 1.24 bits per heavy atom. The van der Waals surface area contributed by atoms with Crippen LogP contribution in [-0.4, -0.2) is 23.1 Å². The first kappa shape index (κ1) is 16.6. The molecule has 3 heteroatoms. The van der Waals surface area contributed by atoms with Crippen molar-refractivity contribution in [1.29, 1.82) is 0 Å². The smallest absolute Gasteiger partial charge is 0.120 e. The normalized spacial score (nSPS) is 33.2. The number of benzene rings is 1. The van der Waals surface area contributed by atoms with Gasteiger partial charge in [0.1, 0.15) is 5.75 Å². The Bertz CT molecular complexity index is 516. The van der Waals surface area contributed by atoms with E-state index in [1.807, 2.05) is 18.2 Å². The van der Waals surface area contributed by atoms with Crippen molar-refractivity contribution in [2.75, 3.05) is 7.05 Å². The first-order valence-corrected chi connectivity index (χ1v) is 7.83. The summed E-state index contributed by atoms with van der Waals surface area (Å²) in [6.07, 6.45) is 4.05. The lowest BCUT2D eigenvalue weighted by atomic mass is 9.69. The monoisotopic (exact) mass is 309 g/mol. The van der Waals surface area contributed by atoms with Gasteiger partial charge in [0.15, 0.2) is 0 Å². The molecule has 2 fully saturated rings. The molecule has 3 rings (SSSR count).